The third-order valence-electron chi connectivity index (χ3n) is 5.69. The van der Waals surface area contributed by atoms with Gasteiger partial charge in [0, 0.05) is 18.7 Å². The lowest BCUT2D eigenvalue weighted by Gasteiger charge is -2.20. The zero-order chi connectivity index (χ0) is 22.0. The number of aromatic amines is 2. The number of sulfonamides is 1. The van der Waals surface area contributed by atoms with Crippen LogP contribution in [0.1, 0.15) is 54.6 Å². The number of aromatic nitrogens is 2. The third-order valence-corrected chi connectivity index (χ3v) is 7.58. The minimum absolute atomic E-state index is 0.140. The molecule has 1 amide bonds. The number of amides is 1. The minimum Gasteiger partial charge on any atom is -0.346 e. The number of hydrogen-bond donors (Lipinski definition) is 3. The Bertz CT molecular complexity index is 1250. The van der Waals surface area contributed by atoms with Crippen LogP contribution < -0.4 is 11.0 Å². The van der Waals surface area contributed by atoms with E-state index in [4.69, 9.17) is 0 Å². The number of nitrogens with zero attached hydrogens (tertiary/aromatic N) is 1. The lowest BCUT2D eigenvalue weighted by Crippen LogP contribution is -2.32. The zero-order valence-electron chi connectivity index (χ0n) is 17.3. The molecule has 1 atom stereocenters. The Morgan fingerprint density at radius 3 is 2.45 bits per heavy atom. The Morgan fingerprint density at radius 2 is 1.71 bits per heavy atom. The fourth-order valence-corrected chi connectivity index (χ4v) is 5.48. The number of H-pyrrole nitrogens is 2. The molecule has 164 valence electrons. The van der Waals surface area contributed by atoms with Gasteiger partial charge in [0.1, 0.15) is 0 Å². The fourth-order valence-electron chi connectivity index (χ4n) is 3.91. The van der Waals surface area contributed by atoms with Crippen LogP contribution in [0.15, 0.2) is 52.2 Å². The van der Waals surface area contributed by atoms with Crippen molar-refractivity contribution in [3.63, 3.8) is 0 Å². The first kappa shape index (κ1) is 21.3. The van der Waals surface area contributed by atoms with Gasteiger partial charge in [-0.05, 0) is 55.7 Å². The second-order valence-corrected chi connectivity index (χ2v) is 9.86. The summed E-state index contributed by atoms with van der Waals surface area (Å²) < 4.78 is 27.6. The van der Waals surface area contributed by atoms with Gasteiger partial charge in [-0.15, -0.1) is 0 Å². The number of fused-ring (bicyclic) bond motifs is 1. The molecule has 1 aromatic heterocycles. The highest BCUT2D eigenvalue weighted by Gasteiger charge is 2.26. The van der Waals surface area contributed by atoms with E-state index >= 15 is 0 Å². The smallest absolute Gasteiger partial charge is 0.323 e. The predicted molar refractivity (Wildman–Crippen MR) is 118 cm³/mol. The van der Waals surface area contributed by atoms with Crippen molar-refractivity contribution < 1.29 is 13.2 Å². The van der Waals surface area contributed by atoms with E-state index in [0.717, 1.165) is 31.2 Å². The Morgan fingerprint density at radius 1 is 1.00 bits per heavy atom. The molecule has 0 radical (unpaired) electrons. The van der Waals surface area contributed by atoms with Gasteiger partial charge in [0.2, 0.25) is 10.0 Å². The van der Waals surface area contributed by atoms with Gasteiger partial charge in [-0.1, -0.05) is 25.0 Å². The van der Waals surface area contributed by atoms with Crippen molar-refractivity contribution in [2.75, 3.05) is 13.1 Å². The molecule has 2 heterocycles. The molecule has 3 N–H and O–H groups in total. The molecule has 1 saturated heterocycles. The van der Waals surface area contributed by atoms with Crippen LogP contribution in [0.5, 0.6) is 0 Å². The summed E-state index contributed by atoms with van der Waals surface area (Å²) in [5.74, 6) is -0.358. The van der Waals surface area contributed by atoms with Crippen LogP contribution >= 0.6 is 0 Å². The second-order valence-electron chi connectivity index (χ2n) is 7.93. The lowest BCUT2D eigenvalue weighted by atomic mass is 10.1. The van der Waals surface area contributed by atoms with E-state index in [1.54, 1.807) is 24.3 Å². The summed E-state index contributed by atoms with van der Waals surface area (Å²) in [6.07, 6.45) is 3.78. The minimum atomic E-state index is -3.63. The average molecular weight is 443 g/mol. The third kappa shape index (κ3) is 4.57. The summed E-state index contributed by atoms with van der Waals surface area (Å²) in [6, 6.07) is 11.3. The summed E-state index contributed by atoms with van der Waals surface area (Å²) in [7, 11) is -3.63. The standard InChI is InChI=1S/C22H26N4O4S/c1-15(16-9-10-19-20(14-16)25-22(28)24-19)23-21(27)17-7-6-8-18(13-17)31(29,30)26-11-4-2-3-5-12-26/h6-10,13-15H,2-5,11-12H2,1H3,(H,23,27)(H2,24,25,28). The van der Waals surface area contributed by atoms with E-state index in [1.165, 1.54) is 16.4 Å². The van der Waals surface area contributed by atoms with E-state index in [-0.39, 0.29) is 22.5 Å². The van der Waals surface area contributed by atoms with Gasteiger partial charge in [0.25, 0.3) is 5.91 Å². The summed E-state index contributed by atoms with van der Waals surface area (Å²) in [4.78, 5) is 29.8. The maximum atomic E-state index is 13.0. The molecule has 1 unspecified atom stereocenters. The molecule has 1 fully saturated rings. The van der Waals surface area contributed by atoms with Crippen molar-refractivity contribution >= 4 is 27.0 Å². The molecule has 8 nitrogen and oxygen atoms in total. The van der Waals surface area contributed by atoms with E-state index < -0.39 is 10.0 Å². The van der Waals surface area contributed by atoms with E-state index in [9.17, 15) is 18.0 Å². The highest BCUT2D eigenvalue weighted by atomic mass is 32.2. The van der Waals surface area contributed by atoms with Crippen LogP contribution in [0.4, 0.5) is 0 Å². The number of imidazole rings is 1. The molecule has 0 spiro atoms. The van der Waals surface area contributed by atoms with Gasteiger partial charge in [-0.2, -0.15) is 4.31 Å². The number of carbonyl (C=O) groups is 1. The van der Waals surface area contributed by atoms with Crippen molar-refractivity contribution in [1.29, 1.82) is 0 Å². The SMILES string of the molecule is CC(NC(=O)c1cccc(S(=O)(=O)N2CCCCCC2)c1)c1ccc2[nH]c(=O)[nH]c2c1. The summed E-state index contributed by atoms with van der Waals surface area (Å²) in [6.45, 7) is 2.86. The first-order valence-electron chi connectivity index (χ1n) is 10.5. The molecule has 2 aromatic carbocycles. The Labute approximate surface area is 180 Å². The Kier molecular flexibility index (Phi) is 5.97. The van der Waals surface area contributed by atoms with Crippen molar-refractivity contribution in [2.45, 2.75) is 43.5 Å². The van der Waals surface area contributed by atoms with E-state index in [2.05, 4.69) is 15.3 Å². The molecule has 31 heavy (non-hydrogen) atoms. The Balaban J connectivity index is 1.52. The van der Waals surface area contributed by atoms with Crippen LogP contribution in [0.2, 0.25) is 0 Å². The number of carbonyl (C=O) groups excluding carboxylic acids is 1. The maximum absolute atomic E-state index is 13.0. The number of benzene rings is 2. The molecule has 0 saturated carbocycles. The van der Waals surface area contributed by atoms with E-state index in [1.807, 2.05) is 13.0 Å². The Hall–Kier alpha value is -2.91. The van der Waals surface area contributed by atoms with Crippen LogP contribution in [0.25, 0.3) is 11.0 Å². The topological polar surface area (TPSA) is 115 Å². The molecular weight excluding hydrogens is 416 g/mol. The molecule has 0 aliphatic carbocycles. The van der Waals surface area contributed by atoms with Gasteiger partial charge < -0.3 is 15.3 Å². The predicted octanol–water partition coefficient (Wildman–Crippen LogP) is 2.91. The first-order valence-corrected chi connectivity index (χ1v) is 11.9. The number of rotatable bonds is 5. The highest BCUT2D eigenvalue weighted by molar-refractivity contribution is 7.89. The molecule has 3 aromatic rings. The lowest BCUT2D eigenvalue weighted by molar-refractivity contribution is 0.0939. The van der Waals surface area contributed by atoms with E-state index in [0.29, 0.717) is 29.7 Å². The van der Waals surface area contributed by atoms with Gasteiger partial charge >= 0.3 is 5.69 Å². The van der Waals surface area contributed by atoms with Gasteiger partial charge in [0.05, 0.1) is 22.0 Å². The van der Waals surface area contributed by atoms with Crippen LogP contribution in [0, 0.1) is 0 Å². The van der Waals surface area contributed by atoms with Crippen molar-refractivity contribution in [2.24, 2.45) is 0 Å². The van der Waals surface area contributed by atoms with Crippen molar-refractivity contribution in [3.05, 3.63) is 64.1 Å². The molecule has 0 bridgehead atoms. The molecule has 1 aliphatic rings. The summed E-state index contributed by atoms with van der Waals surface area (Å²) >= 11 is 0. The van der Waals surface area contributed by atoms with Crippen LogP contribution in [0.3, 0.4) is 0 Å². The van der Waals surface area contributed by atoms with Crippen molar-refractivity contribution in [3.8, 4) is 0 Å². The van der Waals surface area contributed by atoms with Crippen molar-refractivity contribution in [1.82, 2.24) is 19.6 Å². The first-order chi connectivity index (χ1) is 14.8. The average Bonchev–Trinajstić information content (AvgIpc) is 2.94. The maximum Gasteiger partial charge on any atom is 0.323 e. The monoisotopic (exact) mass is 442 g/mol. The van der Waals surface area contributed by atoms with Gasteiger partial charge in [0.15, 0.2) is 0 Å². The normalized spacial score (nSPS) is 16.7. The zero-order valence-corrected chi connectivity index (χ0v) is 18.2. The van der Waals surface area contributed by atoms with Gasteiger partial charge in [-0.25, -0.2) is 13.2 Å². The molecule has 1 aliphatic heterocycles. The van der Waals surface area contributed by atoms with Crippen LogP contribution in [-0.2, 0) is 10.0 Å². The quantitative estimate of drug-likeness (QED) is 0.563. The fraction of sp³-hybridized carbons (Fsp3) is 0.364. The summed E-state index contributed by atoms with van der Waals surface area (Å²) in [5, 5.41) is 2.90. The second kappa shape index (κ2) is 8.68. The summed E-state index contributed by atoms with van der Waals surface area (Å²) in [5.41, 5.74) is 2.18. The molecule has 9 heteroatoms. The number of hydrogen-bond acceptors (Lipinski definition) is 4. The van der Waals surface area contributed by atoms with Crippen LogP contribution in [-0.4, -0.2) is 41.7 Å². The molecular formula is C22H26N4O4S. The van der Waals surface area contributed by atoms with Gasteiger partial charge in [-0.3, -0.25) is 4.79 Å². The largest absolute Gasteiger partial charge is 0.346 e. The number of nitrogens with one attached hydrogen (secondary N) is 3. The molecule has 4 rings (SSSR count). The highest BCUT2D eigenvalue weighted by Crippen LogP contribution is 2.22.